The average molecular weight is 425 g/mol. The number of amides is 3. The van der Waals surface area contributed by atoms with E-state index in [1.165, 1.54) is 23.1 Å². The van der Waals surface area contributed by atoms with Crippen molar-refractivity contribution in [1.82, 2.24) is 15.5 Å². The van der Waals surface area contributed by atoms with Crippen LogP contribution in [-0.2, 0) is 11.3 Å². The third-order valence-corrected chi connectivity index (χ3v) is 5.51. The molecule has 3 rings (SSSR count). The molecule has 0 fully saturated rings. The molecule has 0 aliphatic carbocycles. The number of hydrogen-bond acceptors (Lipinski definition) is 7. The van der Waals surface area contributed by atoms with E-state index in [4.69, 9.17) is 5.26 Å². The Bertz CT molecular complexity index is 1030. The molecule has 0 saturated carbocycles. The molecule has 1 heterocycles. The van der Waals surface area contributed by atoms with Gasteiger partial charge in [0.2, 0.25) is 11.0 Å². The van der Waals surface area contributed by atoms with E-state index in [0.29, 0.717) is 27.3 Å². The smallest absolute Gasteiger partial charge is 0.325 e. The van der Waals surface area contributed by atoms with E-state index >= 15 is 0 Å². The van der Waals surface area contributed by atoms with Gasteiger partial charge >= 0.3 is 6.03 Å². The van der Waals surface area contributed by atoms with Crippen LogP contribution in [-0.4, -0.2) is 27.9 Å². The summed E-state index contributed by atoms with van der Waals surface area (Å²) in [6.07, 6.45) is 0. The lowest BCUT2D eigenvalue weighted by Crippen LogP contribution is -2.24. The number of thioether (sulfide) groups is 1. The Kier molecular flexibility index (Phi) is 7.16. The third kappa shape index (κ3) is 6.60. The number of benzene rings is 2. The summed E-state index contributed by atoms with van der Waals surface area (Å²) in [6, 6.07) is 17.7. The van der Waals surface area contributed by atoms with Gasteiger partial charge in [-0.1, -0.05) is 59.5 Å². The van der Waals surface area contributed by atoms with Gasteiger partial charge in [-0.05, 0) is 23.8 Å². The Balaban J connectivity index is 1.43. The molecule has 8 nitrogen and oxygen atoms in total. The van der Waals surface area contributed by atoms with Gasteiger partial charge in [0.15, 0.2) is 4.34 Å². The molecule has 2 aromatic carbocycles. The number of nitriles is 1. The molecule has 0 saturated heterocycles. The number of aromatic nitrogens is 2. The Morgan fingerprint density at radius 1 is 1.07 bits per heavy atom. The SMILES string of the molecule is N#Cc1cccc(NC(=O)Nc2nnc(SCC(=O)NCc3ccccc3)s2)c1. The van der Waals surface area contributed by atoms with Crippen molar-refractivity contribution in [3.8, 4) is 6.07 Å². The summed E-state index contributed by atoms with van der Waals surface area (Å²) in [5.74, 6) is 0.0907. The highest BCUT2D eigenvalue weighted by molar-refractivity contribution is 8.01. The molecule has 3 amide bonds. The zero-order valence-electron chi connectivity index (χ0n) is 15.1. The predicted molar refractivity (Wildman–Crippen MR) is 113 cm³/mol. The summed E-state index contributed by atoms with van der Waals surface area (Å²) < 4.78 is 0.571. The van der Waals surface area contributed by atoms with Crippen LogP contribution in [0, 0.1) is 11.3 Å². The van der Waals surface area contributed by atoms with Crippen LogP contribution < -0.4 is 16.0 Å². The first-order chi connectivity index (χ1) is 14.1. The number of carbonyl (C=O) groups excluding carboxylic acids is 2. The average Bonchev–Trinajstić information content (AvgIpc) is 3.18. The number of carbonyl (C=O) groups is 2. The zero-order valence-corrected chi connectivity index (χ0v) is 16.7. The van der Waals surface area contributed by atoms with E-state index in [2.05, 4.69) is 26.1 Å². The fourth-order valence-corrected chi connectivity index (χ4v) is 3.80. The minimum Gasteiger partial charge on any atom is -0.351 e. The molecule has 0 radical (unpaired) electrons. The maximum Gasteiger partial charge on any atom is 0.325 e. The van der Waals surface area contributed by atoms with Crippen molar-refractivity contribution < 1.29 is 9.59 Å². The minimum absolute atomic E-state index is 0.112. The lowest BCUT2D eigenvalue weighted by Gasteiger charge is -2.05. The van der Waals surface area contributed by atoms with E-state index in [9.17, 15) is 9.59 Å². The molecule has 0 unspecified atom stereocenters. The van der Waals surface area contributed by atoms with Gasteiger partial charge in [0, 0.05) is 12.2 Å². The molecule has 3 N–H and O–H groups in total. The van der Waals surface area contributed by atoms with Crippen molar-refractivity contribution in [3.63, 3.8) is 0 Å². The molecule has 0 aliphatic rings. The Hall–Kier alpha value is -3.42. The monoisotopic (exact) mass is 424 g/mol. The standard InChI is InChI=1S/C19H16N6O2S2/c20-10-14-7-4-8-15(9-14)22-17(27)23-18-24-25-19(29-18)28-12-16(26)21-11-13-5-2-1-3-6-13/h1-9H,11-12H2,(H,21,26)(H2,22,23,24,27). The summed E-state index contributed by atoms with van der Waals surface area (Å²) in [4.78, 5) is 24.0. The van der Waals surface area contributed by atoms with Gasteiger partial charge in [-0.25, -0.2) is 4.79 Å². The number of nitrogens with one attached hydrogen (secondary N) is 3. The second-order valence-corrected chi connectivity index (χ2v) is 7.90. The maximum atomic E-state index is 12.0. The largest absolute Gasteiger partial charge is 0.351 e. The summed E-state index contributed by atoms with van der Waals surface area (Å²) >= 11 is 2.42. The number of hydrogen-bond donors (Lipinski definition) is 3. The minimum atomic E-state index is -0.492. The van der Waals surface area contributed by atoms with Crippen LogP contribution in [0.1, 0.15) is 11.1 Å². The maximum absolute atomic E-state index is 12.0. The molecule has 0 spiro atoms. The first-order valence-electron chi connectivity index (χ1n) is 8.47. The normalized spacial score (nSPS) is 10.0. The van der Waals surface area contributed by atoms with E-state index in [1.54, 1.807) is 24.3 Å². The molecule has 3 aromatic rings. The molecule has 29 heavy (non-hydrogen) atoms. The third-order valence-electron chi connectivity index (χ3n) is 3.54. The van der Waals surface area contributed by atoms with Gasteiger partial charge in [0.05, 0.1) is 17.4 Å². The number of anilines is 2. The second kappa shape index (κ2) is 10.2. The molecule has 146 valence electrons. The molecule has 0 aliphatic heterocycles. The second-order valence-electron chi connectivity index (χ2n) is 5.70. The lowest BCUT2D eigenvalue weighted by atomic mass is 10.2. The van der Waals surface area contributed by atoms with Crippen LogP contribution in [0.3, 0.4) is 0 Å². The molecule has 1 aromatic heterocycles. The van der Waals surface area contributed by atoms with Crippen LogP contribution >= 0.6 is 23.1 Å². The van der Waals surface area contributed by atoms with Gasteiger partial charge in [0.25, 0.3) is 0 Å². The molecule has 10 heteroatoms. The number of nitrogens with zero attached hydrogens (tertiary/aromatic N) is 3. The van der Waals surface area contributed by atoms with E-state index in [0.717, 1.165) is 5.56 Å². The quantitative estimate of drug-likeness (QED) is 0.395. The molecule has 0 atom stereocenters. The lowest BCUT2D eigenvalue weighted by molar-refractivity contribution is -0.118. The van der Waals surface area contributed by atoms with Crippen LogP contribution in [0.5, 0.6) is 0 Å². The van der Waals surface area contributed by atoms with Gasteiger partial charge in [-0.15, -0.1) is 10.2 Å². The van der Waals surface area contributed by atoms with Crippen molar-refractivity contribution in [2.24, 2.45) is 0 Å². The highest BCUT2D eigenvalue weighted by Gasteiger charge is 2.11. The Morgan fingerprint density at radius 3 is 2.69 bits per heavy atom. The van der Waals surface area contributed by atoms with Crippen LogP contribution in [0.4, 0.5) is 15.6 Å². The predicted octanol–water partition coefficient (Wildman–Crippen LogP) is 3.46. The van der Waals surface area contributed by atoms with E-state index in [1.807, 2.05) is 36.4 Å². The summed E-state index contributed by atoms with van der Waals surface area (Å²) in [7, 11) is 0. The first-order valence-corrected chi connectivity index (χ1v) is 10.3. The topological polar surface area (TPSA) is 120 Å². The summed E-state index contributed by atoms with van der Waals surface area (Å²) in [5.41, 5.74) is 1.97. The van der Waals surface area contributed by atoms with Crippen LogP contribution in [0.15, 0.2) is 58.9 Å². The summed E-state index contributed by atoms with van der Waals surface area (Å²) in [5, 5.41) is 25.1. The van der Waals surface area contributed by atoms with Crippen molar-refractivity contribution in [3.05, 3.63) is 65.7 Å². The Labute approximate surface area is 175 Å². The van der Waals surface area contributed by atoms with Gasteiger partial charge in [-0.3, -0.25) is 10.1 Å². The van der Waals surface area contributed by atoms with Gasteiger partial charge < -0.3 is 10.6 Å². The number of urea groups is 1. The van der Waals surface area contributed by atoms with Crippen LogP contribution in [0.2, 0.25) is 0 Å². The highest BCUT2D eigenvalue weighted by Crippen LogP contribution is 2.25. The highest BCUT2D eigenvalue weighted by atomic mass is 32.2. The molecular formula is C19H16N6O2S2. The van der Waals surface area contributed by atoms with Crippen LogP contribution in [0.25, 0.3) is 0 Å². The molecular weight excluding hydrogens is 408 g/mol. The van der Waals surface area contributed by atoms with Crippen molar-refractivity contribution in [2.45, 2.75) is 10.9 Å². The van der Waals surface area contributed by atoms with E-state index < -0.39 is 6.03 Å². The number of rotatable bonds is 7. The molecule has 0 bridgehead atoms. The fraction of sp³-hybridized carbons (Fsp3) is 0.105. The first kappa shape index (κ1) is 20.3. The van der Waals surface area contributed by atoms with Gasteiger partial charge in [0.1, 0.15) is 0 Å². The van der Waals surface area contributed by atoms with Crippen molar-refractivity contribution in [1.29, 1.82) is 5.26 Å². The Morgan fingerprint density at radius 2 is 1.90 bits per heavy atom. The van der Waals surface area contributed by atoms with Crippen molar-refractivity contribution >= 4 is 45.9 Å². The van der Waals surface area contributed by atoms with E-state index in [-0.39, 0.29) is 11.7 Å². The zero-order chi connectivity index (χ0) is 20.5. The van der Waals surface area contributed by atoms with Crippen molar-refractivity contribution in [2.75, 3.05) is 16.4 Å². The summed E-state index contributed by atoms with van der Waals surface area (Å²) in [6.45, 7) is 0.469. The van der Waals surface area contributed by atoms with Gasteiger partial charge in [-0.2, -0.15) is 5.26 Å². The fourth-order valence-electron chi connectivity index (χ4n) is 2.22.